The fourth-order valence-electron chi connectivity index (χ4n) is 4.83. The molecular formula is C23H27N. The van der Waals surface area contributed by atoms with Gasteiger partial charge in [0.2, 0.25) is 0 Å². The molecular weight excluding hydrogens is 290 g/mol. The van der Waals surface area contributed by atoms with Crippen LogP contribution in [0.3, 0.4) is 0 Å². The maximum atomic E-state index is 2.72. The Morgan fingerprint density at radius 2 is 1.67 bits per heavy atom. The monoisotopic (exact) mass is 317 g/mol. The maximum absolute atomic E-state index is 2.72. The molecule has 2 aromatic carbocycles. The zero-order valence-corrected chi connectivity index (χ0v) is 15.0. The molecule has 0 saturated carbocycles. The van der Waals surface area contributed by atoms with Gasteiger partial charge in [-0.05, 0) is 67.9 Å². The largest absolute Gasteiger partial charge is 0.289 e. The Morgan fingerprint density at radius 3 is 2.33 bits per heavy atom. The summed E-state index contributed by atoms with van der Waals surface area (Å²) in [5.41, 5.74) is 8.79. The van der Waals surface area contributed by atoms with Crippen molar-refractivity contribution in [2.45, 2.75) is 58.7 Å². The van der Waals surface area contributed by atoms with Gasteiger partial charge in [0.05, 0.1) is 0 Å². The van der Waals surface area contributed by atoms with Crippen LogP contribution in [0.15, 0.2) is 48.5 Å². The van der Waals surface area contributed by atoms with Crippen LogP contribution in [0.5, 0.6) is 0 Å². The van der Waals surface area contributed by atoms with Crippen molar-refractivity contribution in [1.82, 2.24) is 4.90 Å². The van der Waals surface area contributed by atoms with Crippen LogP contribution in [0.4, 0.5) is 0 Å². The molecule has 1 fully saturated rings. The van der Waals surface area contributed by atoms with Gasteiger partial charge in [-0.15, -0.1) is 0 Å². The molecule has 0 N–H and O–H groups in total. The predicted molar refractivity (Wildman–Crippen MR) is 102 cm³/mol. The lowest BCUT2D eigenvalue weighted by atomic mass is 9.88. The van der Waals surface area contributed by atoms with Gasteiger partial charge < -0.3 is 0 Å². The van der Waals surface area contributed by atoms with Crippen LogP contribution < -0.4 is 0 Å². The van der Waals surface area contributed by atoms with Gasteiger partial charge in [-0.2, -0.15) is 0 Å². The zero-order valence-electron chi connectivity index (χ0n) is 15.0. The summed E-state index contributed by atoms with van der Waals surface area (Å²) in [4.78, 5) is 2.72. The van der Waals surface area contributed by atoms with Gasteiger partial charge in [0.25, 0.3) is 0 Å². The minimum Gasteiger partial charge on any atom is -0.289 e. The molecule has 0 aromatic heterocycles. The van der Waals surface area contributed by atoms with Crippen LogP contribution >= 0.6 is 0 Å². The van der Waals surface area contributed by atoms with Gasteiger partial charge in [0.1, 0.15) is 0 Å². The molecule has 1 saturated heterocycles. The van der Waals surface area contributed by atoms with Crippen molar-refractivity contribution < 1.29 is 0 Å². The fraction of sp³-hybridized carbons (Fsp3) is 0.391. The standard InChI is InChI=1S/C23H27N/c1-16-11-17(2)23(18(3)12-16)20-13-21-9-10-22(14-20)24(21)15-19-7-5-4-6-8-19/h4-8,11-13,21-22H,9-10,14-15H2,1-3H3. The Hall–Kier alpha value is -1.86. The average Bonchev–Trinajstić information content (AvgIpc) is 2.78. The number of aryl methyl sites for hydroxylation is 3. The predicted octanol–water partition coefficient (Wildman–Crippen LogP) is 5.43. The summed E-state index contributed by atoms with van der Waals surface area (Å²) < 4.78 is 0. The Morgan fingerprint density at radius 1 is 0.958 bits per heavy atom. The van der Waals surface area contributed by atoms with Gasteiger partial charge in [0.15, 0.2) is 0 Å². The molecule has 0 spiro atoms. The Labute approximate surface area is 146 Å². The smallest absolute Gasteiger partial charge is 0.0291 e. The van der Waals surface area contributed by atoms with Crippen molar-refractivity contribution in [1.29, 1.82) is 0 Å². The number of hydrogen-bond acceptors (Lipinski definition) is 1. The molecule has 0 aliphatic carbocycles. The highest BCUT2D eigenvalue weighted by Crippen LogP contribution is 2.41. The van der Waals surface area contributed by atoms with Crippen LogP contribution in [0, 0.1) is 20.8 Å². The molecule has 2 aliphatic heterocycles. The van der Waals surface area contributed by atoms with Crippen molar-refractivity contribution in [3.63, 3.8) is 0 Å². The summed E-state index contributed by atoms with van der Waals surface area (Å²) in [7, 11) is 0. The third-order valence-electron chi connectivity index (χ3n) is 5.75. The Kier molecular flexibility index (Phi) is 4.05. The molecule has 2 aromatic rings. The zero-order chi connectivity index (χ0) is 16.7. The molecule has 0 amide bonds. The van der Waals surface area contributed by atoms with E-state index in [1.54, 1.807) is 5.57 Å². The minimum absolute atomic E-state index is 0.610. The summed E-state index contributed by atoms with van der Waals surface area (Å²) in [6.45, 7) is 7.83. The third-order valence-corrected chi connectivity index (χ3v) is 5.75. The summed E-state index contributed by atoms with van der Waals surface area (Å²) in [5.74, 6) is 0. The van der Waals surface area contributed by atoms with Crippen LogP contribution in [0.1, 0.15) is 47.1 Å². The first-order valence-corrected chi connectivity index (χ1v) is 9.20. The lowest BCUT2D eigenvalue weighted by Gasteiger charge is -2.35. The van der Waals surface area contributed by atoms with Gasteiger partial charge in [-0.3, -0.25) is 4.90 Å². The van der Waals surface area contributed by atoms with Crippen LogP contribution in [0.2, 0.25) is 0 Å². The normalized spacial score (nSPS) is 23.4. The van der Waals surface area contributed by atoms with Crippen LogP contribution in [0.25, 0.3) is 5.57 Å². The average molecular weight is 317 g/mol. The lowest BCUT2D eigenvalue weighted by Crippen LogP contribution is -2.37. The van der Waals surface area contributed by atoms with Crippen molar-refractivity contribution >= 4 is 5.57 Å². The SMILES string of the molecule is Cc1cc(C)c(C2=CC3CCC(C2)N3Cc2ccccc2)c(C)c1. The van der Waals surface area contributed by atoms with Crippen LogP contribution in [-0.4, -0.2) is 17.0 Å². The number of hydrogen-bond donors (Lipinski definition) is 0. The summed E-state index contributed by atoms with van der Waals surface area (Å²) in [5, 5.41) is 0. The van der Waals surface area contributed by atoms with Gasteiger partial charge in [-0.25, -0.2) is 0 Å². The second kappa shape index (κ2) is 6.22. The van der Waals surface area contributed by atoms with Crippen molar-refractivity contribution in [3.8, 4) is 0 Å². The van der Waals surface area contributed by atoms with E-state index in [0.29, 0.717) is 12.1 Å². The van der Waals surface area contributed by atoms with Crippen molar-refractivity contribution in [2.75, 3.05) is 0 Å². The first kappa shape index (κ1) is 15.7. The molecule has 2 unspecified atom stereocenters. The van der Waals surface area contributed by atoms with E-state index in [0.717, 1.165) is 6.54 Å². The summed E-state index contributed by atoms with van der Waals surface area (Å²) in [6.07, 6.45) is 6.41. The van der Waals surface area contributed by atoms with Crippen molar-refractivity contribution in [2.24, 2.45) is 0 Å². The van der Waals surface area contributed by atoms with E-state index in [1.807, 2.05) is 0 Å². The van der Waals surface area contributed by atoms with E-state index in [2.05, 4.69) is 74.2 Å². The highest BCUT2D eigenvalue weighted by Gasteiger charge is 2.36. The molecule has 124 valence electrons. The molecule has 4 rings (SSSR count). The van der Waals surface area contributed by atoms with Crippen molar-refractivity contribution in [3.05, 3.63) is 76.4 Å². The third kappa shape index (κ3) is 2.82. The topological polar surface area (TPSA) is 3.24 Å². The Bertz CT molecular complexity index is 749. The minimum atomic E-state index is 0.610. The summed E-state index contributed by atoms with van der Waals surface area (Å²) in [6, 6.07) is 16.9. The lowest BCUT2D eigenvalue weighted by molar-refractivity contribution is 0.203. The second-order valence-electron chi connectivity index (χ2n) is 7.63. The maximum Gasteiger partial charge on any atom is 0.0291 e. The number of rotatable bonds is 3. The van der Waals surface area contributed by atoms with E-state index < -0.39 is 0 Å². The molecule has 24 heavy (non-hydrogen) atoms. The van der Waals surface area contributed by atoms with Gasteiger partial charge >= 0.3 is 0 Å². The number of fused-ring (bicyclic) bond motifs is 2. The first-order chi connectivity index (χ1) is 11.6. The number of nitrogens with zero attached hydrogens (tertiary/aromatic N) is 1. The highest BCUT2D eigenvalue weighted by molar-refractivity contribution is 5.73. The van der Waals surface area contributed by atoms with E-state index in [-0.39, 0.29) is 0 Å². The molecule has 2 aliphatic rings. The molecule has 2 bridgehead atoms. The highest BCUT2D eigenvalue weighted by atomic mass is 15.2. The fourth-order valence-corrected chi connectivity index (χ4v) is 4.83. The number of benzene rings is 2. The van der Waals surface area contributed by atoms with Crippen LogP contribution in [-0.2, 0) is 6.54 Å². The molecule has 2 heterocycles. The quantitative estimate of drug-likeness (QED) is 0.729. The first-order valence-electron chi connectivity index (χ1n) is 9.20. The molecule has 1 nitrogen and oxygen atoms in total. The molecule has 1 heteroatoms. The molecule has 0 radical (unpaired) electrons. The van der Waals surface area contributed by atoms with Gasteiger partial charge in [-0.1, -0.05) is 54.1 Å². The van der Waals surface area contributed by atoms with E-state index in [1.165, 1.54) is 47.1 Å². The van der Waals surface area contributed by atoms with E-state index >= 15 is 0 Å². The summed E-state index contributed by atoms with van der Waals surface area (Å²) >= 11 is 0. The van der Waals surface area contributed by atoms with Gasteiger partial charge in [0, 0.05) is 18.6 Å². The van der Waals surface area contributed by atoms with E-state index in [4.69, 9.17) is 0 Å². The van der Waals surface area contributed by atoms with E-state index in [9.17, 15) is 0 Å². The second-order valence-corrected chi connectivity index (χ2v) is 7.63. The Balaban J connectivity index is 1.63. The molecule has 2 atom stereocenters.